The minimum Gasteiger partial charge on any atom is -0.444 e. The number of ether oxygens (including phenoxy) is 1. The van der Waals surface area contributed by atoms with E-state index in [2.05, 4.69) is 26.3 Å². The van der Waals surface area contributed by atoms with Crippen molar-refractivity contribution in [2.24, 2.45) is 0 Å². The van der Waals surface area contributed by atoms with Crippen LogP contribution >= 0.6 is 15.9 Å². The molecule has 0 saturated carbocycles. The third-order valence-corrected chi connectivity index (χ3v) is 3.65. The molecule has 1 atom stereocenters. The molecular weight excluding hydrogens is 374 g/mol. The molecule has 2 aromatic rings. The van der Waals surface area contributed by atoms with Gasteiger partial charge in [0, 0.05) is 6.54 Å². The molecule has 0 fully saturated rings. The summed E-state index contributed by atoms with van der Waals surface area (Å²) in [5.41, 5.74) is 1.07. The number of halogens is 1. The molecule has 130 valence electrons. The fraction of sp³-hybridized carbons (Fsp3) is 0.412. The molecular formula is C17H22BrN3O3. The first-order valence-electron chi connectivity index (χ1n) is 7.67. The van der Waals surface area contributed by atoms with Crippen LogP contribution in [0.4, 0.5) is 4.79 Å². The van der Waals surface area contributed by atoms with Gasteiger partial charge in [0.05, 0.1) is 18.3 Å². The van der Waals surface area contributed by atoms with Crippen molar-refractivity contribution in [3.8, 4) is 0 Å². The Morgan fingerprint density at radius 2 is 2.04 bits per heavy atom. The van der Waals surface area contributed by atoms with Gasteiger partial charge in [-0.1, -0.05) is 30.3 Å². The minimum absolute atomic E-state index is 0.144. The van der Waals surface area contributed by atoms with E-state index in [1.54, 1.807) is 10.7 Å². The summed E-state index contributed by atoms with van der Waals surface area (Å²) >= 11 is 3.33. The molecule has 2 rings (SSSR count). The Morgan fingerprint density at radius 1 is 1.38 bits per heavy atom. The van der Waals surface area contributed by atoms with Crippen molar-refractivity contribution < 1.29 is 14.6 Å². The van der Waals surface area contributed by atoms with Crippen LogP contribution in [0.1, 0.15) is 38.1 Å². The van der Waals surface area contributed by atoms with Crippen LogP contribution in [0.5, 0.6) is 0 Å². The second-order valence-electron chi connectivity index (χ2n) is 6.37. The molecule has 0 saturated heterocycles. The van der Waals surface area contributed by atoms with E-state index >= 15 is 0 Å². The Balaban J connectivity index is 2.23. The van der Waals surface area contributed by atoms with Crippen LogP contribution in [-0.4, -0.2) is 33.1 Å². The Hall–Kier alpha value is -1.86. The lowest BCUT2D eigenvalue weighted by Crippen LogP contribution is -2.36. The molecule has 0 aliphatic rings. The predicted molar refractivity (Wildman–Crippen MR) is 94.7 cm³/mol. The van der Waals surface area contributed by atoms with Gasteiger partial charge >= 0.3 is 6.09 Å². The molecule has 1 unspecified atom stereocenters. The monoisotopic (exact) mass is 395 g/mol. The Bertz CT molecular complexity index is 680. The van der Waals surface area contributed by atoms with Gasteiger partial charge in [-0.05, 0) is 48.3 Å². The lowest BCUT2D eigenvalue weighted by atomic mass is 10.1. The molecule has 0 aliphatic heterocycles. The number of carbonyl (C=O) groups is 1. The molecule has 2 N–H and O–H groups in total. The quantitative estimate of drug-likeness (QED) is 0.814. The molecule has 24 heavy (non-hydrogen) atoms. The first kappa shape index (κ1) is 18.5. The van der Waals surface area contributed by atoms with Crippen LogP contribution in [0.2, 0.25) is 0 Å². The maximum atomic E-state index is 12.0. The number of hydrogen-bond donors (Lipinski definition) is 2. The molecule has 1 aromatic carbocycles. The summed E-state index contributed by atoms with van der Waals surface area (Å²) in [4.78, 5) is 12.0. The normalized spacial score (nSPS) is 12.7. The van der Waals surface area contributed by atoms with E-state index in [0.29, 0.717) is 16.8 Å². The van der Waals surface area contributed by atoms with Gasteiger partial charge in [-0.2, -0.15) is 5.10 Å². The number of benzene rings is 1. The molecule has 0 spiro atoms. The molecule has 0 aliphatic carbocycles. The van der Waals surface area contributed by atoms with Crippen molar-refractivity contribution in [2.45, 2.75) is 39.0 Å². The Labute approximate surface area is 150 Å². The summed E-state index contributed by atoms with van der Waals surface area (Å²) in [6.07, 6.45) is -0.486. The minimum atomic E-state index is -0.558. The second kappa shape index (κ2) is 7.81. The van der Waals surface area contributed by atoms with Crippen molar-refractivity contribution in [1.29, 1.82) is 0 Å². The number of alkyl carbamates (subject to hydrolysis) is 1. The average Bonchev–Trinajstić information content (AvgIpc) is 2.87. The van der Waals surface area contributed by atoms with E-state index in [9.17, 15) is 9.90 Å². The van der Waals surface area contributed by atoms with Crippen molar-refractivity contribution in [1.82, 2.24) is 15.1 Å². The van der Waals surface area contributed by atoms with E-state index < -0.39 is 11.7 Å². The summed E-state index contributed by atoms with van der Waals surface area (Å²) < 4.78 is 7.62. The first-order valence-corrected chi connectivity index (χ1v) is 8.46. The van der Waals surface area contributed by atoms with Crippen molar-refractivity contribution in [2.75, 3.05) is 6.54 Å². The van der Waals surface area contributed by atoms with Gasteiger partial charge in [0.1, 0.15) is 10.2 Å². The summed E-state index contributed by atoms with van der Waals surface area (Å²) in [5.74, 6) is 0. The van der Waals surface area contributed by atoms with E-state index in [-0.39, 0.29) is 12.6 Å². The van der Waals surface area contributed by atoms with Crippen LogP contribution < -0.4 is 5.32 Å². The number of hydrogen-bond acceptors (Lipinski definition) is 4. The number of carbonyl (C=O) groups excluding carboxylic acids is 1. The van der Waals surface area contributed by atoms with Gasteiger partial charge in [-0.25, -0.2) is 4.79 Å². The van der Waals surface area contributed by atoms with Crippen molar-refractivity contribution in [3.63, 3.8) is 0 Å². The third kappa shape index (κ3) is 5.07. The molecule has 6 nitrogen and oxygen atoms in total. The highest BCUT2D eigenvalue weighted by Gasteiger charge is 2.21. The van der Waals surface area contributed by atoms with Gasteiger partial charge in [0.25, 0.3) is 0 Å². The van der Waals surface area contributed by atoms with Gasteiger partial charge in [-0.3, -0.25) is 4.68 Å². The van der Waals surface area contributed by atoms with E-state index in [1.165, 1.54) is 0 Å². The van der Waals surface area contributed by atoms with E-state index in [0.717, 1.165) is 5.56 Å². The summed E-state index contributed by atoms with van der Waals surface area (Å²) in [5, 5.41) is 16.7. The topological polar surface area (TPSA) is 76.4 Å². The van der Waals surface area contributed by atoms with Gasteiger partial charge in [0.15, 0.2) is 0 Å². The van der Waals surface area contributed by atoms with Crippen molar-refractivity contribution >= 4 is 22.0 Å². The molecule has 0 radical (unpaired) electrons. The number of aliphatic hydroxyl groups is 1. The zero-order chi connectivity index (χ0) is 17.7. The maximum absolute atomic E-state index is 12.0. The number of aliphatic hydroxyl groups excluding tert-OH is 1. The lowest BCUT2D eigenvalue weighted by Gasteiger charge is -2.23. The Kier molecular flexibility index (Phi) is 6.01. The van der Waals surface area contributed by atoms with Gasteiger partial charge in [-0.15, -0.1) is 0 Å². The van der Waals surface area contributed by atoms with Crippen LogP contribution in [0.25, 0.3) is 0 Å². The van der Waals surface area contributed by atoms with Crippen LogP contribution in [0, 0.1) is 0 Å². The summed E-state index contributed by atoms with van der Waals surface area (Å²) in [6.45, 7) is 5.59. The smallest absolute Gasteiger partial charge is 0.407 e. The highest BCUT2D eigenvalue weighted by molar-refractivity contribution is 9.10. The Morgan fingerprint density at radius 3 is 2.62 bits per heavy atom. The number of nitrogens with zero attached hydrogens (tertiary/aromatic N) is 2. The van der Waals surface area contributed by atoms with Crippen LogP contribution in [-0.2, 0) is 11.3 Å². The fourth-order valence-electron chi connectivity index (χ4n) is 2.30. The highest BCUT2D eigenvalue weighted by atomic mass is 79.9. The third-order valence-electron chi connectivity index (χ3n) is 3.26. The maximum Gasteiger partial charge on any atom is 0.407 e. The summed E-state index contributed by atoms with van der Waals surface area (Å²) in [6, 6.07) is 11.2. The fourth-order valence-corrected chi connectivity index (χ4v) is 2.74. The van der Waals surface area contributed by atoms with Crippen LogP contribution in [0.15, 0.2) is 41.0 Å². The summed E-state index contributed by atoms with van der Waals surface area (Å²) in [7, 11) is 0. The number of amides is 1. The molecule has 1 heterocycles. The SMILES string of the molecule is CC(C)(C)OC(=O)NCC(c1ccccc1)n1nc(Br)cc1CO. The molecule has 7 heteroatoms. The predicted octanol–water partition coefficient (Wildman–Crippen LogP) is 3.25. The largest absolute Gasteiger partial charge is 0.444 e. The standard InChI is InChI=1S/C17H22BrN3O3/c1-17(2,3)24-16(23)19-10-14(12-7-5-4-6-8-12)21-13(11-22)9-15(18)20-21/h4-9,14,22H,10-11H2,1-3H3,(H,19,23). The van der Waals surface area contributed by atoms with Crippen LogP contribution in [0.3, 0.4) is 0 Å². The van der Waals surface area contributed by atoms with Gasteiger partial charge in [0.2, 0.25) is 0 Å². The van der Waals surface area contributed by atoms with Crippen molar-refractivity contribution in [3.05, 3.63) is 52.3 Å². The van der Waals surface area contributed by atoms with E-state index in [1.807, 2.05) is 51.1 Å². The van der Waals surface area contributed by atoms with Gasteiger partial charge < -0.3 is 15.2 Å². The average molecular weight is 396 g/mol. The zero-order valence-electron chi connectivity index (χ0n) is 14.0. The molecule has 1 amide bonds. The second-order valence-corrected chi connectivity index (χ2v) is 7.18. The number of nitrogens with one attached hydrogen (secondary N) is 1. The number of aromatic nitrogens is 2. The molecule has 1 aromatic heterocycles. The highest BCUT2D eigenvalue weighted by Crippen LogP contribution is 2.22. The lowest BCUT2D eigenvalue weighted by molar-refractivity contribution is 0.0521. The first-order chi connectivity index (χ1) is 11.3. The zero-order valence-corrected chi connectivity index (χ0v) is 15.6. The van der Waals surface area contributed by atoms with E-state index in [4.69, 9.17) is 4.74 Å². The molecule has 0 bridgehead atoms. The number of rotatable bonds is 5.